The van der Waals surface area contributed by atoms with Gasteiger partial charge >= 0.3 is 0 Å². The first kappa shape index (κ1) is 12.8. The van der Waals surface area contributed by atoms with Gasteiger partial charge in [-0.1, -0.05) is 15.9 Å². The summed E-state index contributed by atoms with van der Waals surface area (Å²) in [7, 11) is 0. The Labute approximate surface area is 112 Å². The van der Waals surface area contributed by atoms with E-state index in [-0.39, 0.29) is 19.0 Å². The number of rotatable bonds is 1. The highest BCUT2D eigenvalue weighted by molar-refractivity contribution is 9.10. The van der Waals surface area contributed by atoms with Crippen molar-refractivity contribution in [2.24, 2.45) is 0 Å². The highest BCUT2D eigenvalue weighted by Gasteiger charge is 2.27. The van der Waals surface area contributed by atoms with Gasteiger partial charge in [0.05, 0.1) is 0 Å². The zero-order chi connectivity index (χ0) is 13.3. The van der Waals surface area contributed by atoms with Crippen molar-refractivity contribution in [1.29, 1.82) is 0 Å². The zero-order valence-corrected chi connectivity index (χ0v) is 11.3. The SMILES string of the molecule is Cc1cc(Br)cc(C(=O)N2CC(=O)NC(=O)C2)c1. The van der Waals surface area contributed by atoms with Crippen molar-refractivity contribution < 1.29 is 14.4 Å². The number of hydrogen-bond donors (Lipinski definition) is 1. The molecular weight excluding hydrogens is 300 g/mol. The van der Waals surface area contributed by atoms with E-state index in [0.717, 1.165) is 10.0 Å². The van der Waals surface area contributed by atoms with Crippen LogP contribution in [0.25, 0.3) is 0 Å². The third-order valence-electron chi connectivity index (χ3n) is 2.52. The summed E-state index contributed by atoms with van der Waals surface area (Å²) < 4.78 is 0.790. The summed E-state index contributed by atoms with van der Waals surface area (Å²) in [5, 5.41) is 2.16. The van der Waals surface area contributed by atoms with E-state index in [4.69, 9.17) is 0 Å². The van der Waals surface area contributed by atoms with E-state index in [1.54, 1.807) is 12.1 Å². The highest BCUT2D eigenvalue weighted by Crippen LogP contribution is 2.17. The summed E-state index contributed by atoms with van der Waals surface area (Å²) in [6.07, 6.45) is 0. The second kappa shape index (κ2) is 4.89. The van der Waals surface area contributed by atoms with Crippen LogP contribution in [0.5, 0.6) is 0 Å². The third kappa shape index (κ3) is 2.76. The van der Waals surface area contributed by atoms with E-state index >= 15 is 0 Å². The van der Waals surface area contributed by atoms with Crippen molar-refractivity contribution in [3.63, 3.8) is 0 Å². The molecule has 6 heteroatoms. The Bertz CT molecular complexity index is 506. The van der Waals surface area contributed by atoms with Crippen LogP contribution < -0.4 is 5.32 Å². The van der Waals surface area contributed by atoms with Crippen LogP contribution >= 0.6 is 15.9 Å². The lowest BCUT2D eigenvalue weighted by Gasteiger charge is -2.25. The Morgan fingerprint density at radius 3 is 2.39 bits per heavy atom. The number of aryl methyl sites for hydroxylation is 1. The molecule has 1 aliphatic heterocycles. The average Bonchev–Trinajstić information content (AvgIpc) is 2.25. The maximum Gasteiger partial charge on any atom is 0.254 e. The fourth-order valence-electron chi connectivity index (χ4n) is 1.82. The quantitative estimate of drug-likeness (QED) is 0.782. The molecule has 1 saturated heterocycles. The maximum absolute atomic E-state index is 12.2. The average molecular weight is 311 g/mol. The van der Waals surface area contributed by atoms with Crippen LogP contribution in [-0.2, 0) is 9.59 Å². The minimum Gasteiger partial charge on any atom is -0.320 e. The lowest BCUT2D eigenvalue weighted by molar-refractivity contribution is -0.135. The predicted octanol–water partition coefficient (Wildman–Crippen LogP) is 0.856. The monoisotopic (exact) mass is 310 g/mol. The summed E-state index contributed by atoms with van der Waals surface area (Å²) in [4.78, 5) is 35.8. The van der Waals surface area contributed by atoms with Gasteiger partial charge in [-0.15, -0.1) is 0 Å². The van der Waals surface area contributed by atoms with Gasteiger partial charge in [-0.2, -0.15) is 0 Å². The summed E-state index contributed by atoms with van der Waals surface area (Å²) in [5.41, 5.74) is 1.39. The molecule has 0 atom stereocenters. The molecule has 1 fully saturated rings. The van der Waals surface area contributed by atoms with Gasteiger partial charge in [0, 0.05) is 10.0 Å². The topological polar surface area (TPSA) is 66.5 Å². The lowest BCUT2D eigenvalue weighted by Crippen LogP contribution is -2.53. The molecule has 0 unspecified atom stereocenters. The van der Waals surface area contributed by atoms with E-state index in [0.29, 0.717) is 5.56 Å². The molecule has 0 saturated carbocycles. The van der Waals surface area contributed by atoms with Crippen molar-refractivity contribution in [1.82, 2.24) is 10.2 Å². The number of hydrogen-bond acceptors (Lipinski definition) is 3. The van der Waals surface area contributed by atoms with Gasteiger partial charge in [-0.05, 0) is 30.7 Å². The summed E-state index contributed by atoms with van der Waals surface area (Å²) >= 11 is 3.31. The van der Waals surface area contributed by atoms with Crippen LogP contribution in [0, 0.1) is 6.92 Å². The number of halogens is 1. The maximum atomic E-state index is 12.2. The van der Waals surface area contributed by atoms with E-state index in [1.807, 2.05) is 13.0 Å². The molecule has 5 nitrogen and oxygen atoms in total. The Morgan fingerprint density at radius 1 is 1.22 bits per heavy atom. The van der Waals surface area contributed by atoms with Gasteiger partial charge in [0.1, 0.15) is 13.1 Å². The van der Waals surface area contributed by atoms with Gasteiger partial charge in [0.2, 0.25) is 11.8 Å². The number of carbonyl (C=O) groups excluding carboxylic acids is 3. The molecule has 18 heavy (non-hydrogen) atoms. The molecule has 1 heterocycles. The van der Waals surface area contributed by atoms with E-state index in [9.17, 15) is 14.4 Å². The number of amides is 3. The van der Waals surface area contributed by atoms with Crippen LogP contribution in [-0.4, -0.2) is 35.7 Å². The van der Waals surface area contributed by atoms with E-state index < -0.39 is 11.8 Å². The molecule has 0 aliphatic carbocycles. The van der Waals surface area contributed by atoms with Crippen LogP contribution in [0.3, 0.4) is 0 Å². The molecule has 1 aromatic carbocycles. The molecular formula is C12H11BrN2O3. The zero-order valence-electron chi connectivity index (χ0n) is 9.70. The molecule has 0 radical (unpaired) electrons. The largest absolute Gasteiger partial charge is 0.320 e. The third-order valence-corrected chi connectivity index (χ3v) is 2.98. The standard InChI is InChI=1S/C12H11BrN2O3/c1-7-2-8(4-9(13)3-7)12(18)15-5-10(16)14-11(17)6-15/h2-4H,5-6H2,1H3,(H,14,16,17). The van der Waals surface area contributed by atoms with Crippen LogP contribution in [0.4, 0.5) is 0 Å². The smallest absolute Gasteiger partial charge is 0.254 e. The fourth-order valence-corrected chi connectivity index (χ4v) is 2.43. The minimum absolute atomic E-state index is 0.0872. The number of nitrogens with zero attached hydrogens (tertiary/aromatic N) is 1. The Balaban J connectivity index is 2.25. The highest BCUT2D eigenvalue weighted by atomic mass is 79.9. The lowest BCUT2D eigenvalue weighted by atomic mass is 10.1. The molecule has 94 valence electrons. The Hall–Kier alpha value is -1.69. The molecule has 1 aliphatic rings. The van der Waals surface area contributed by atoms with Crippen molar-refractivity contribution in [2.75, 3.05) is 13.1 Å². The molecule has 1 N–H and O–H groups in total. The van der Waals surface area contributed by atoms with Gasteiger partial charge < -0.3 is 4.90 Å². The van der Waals surface area contributed by atoms with Crippen molar-refractivity contribution in [3.05, 3.63) is 33.8 Å². The van der Waals surface area contributed by atoms with Crippen molar-refractivity contribution in [3.8, 4) is 0 Å². The van der Waals surface area contributed by atoms with Gasteiger partial charge in [0.25, 0.3) is 5.91 Å². The van der Waals surface area contributed by atoms with Crippen molar-refractivity contribution in [2.45, 2.75) is 6.92 Å². The molecule has 2 rings (SSSR count). The first-order chi connectivity index (χ1) is 8.45. The minimum atomic E-state index is -0.452. The summed E-state index contributed by atoms with van der Waals surface area (Å²) in [6, 6.07) is 5.28. The number of carbonyl (C=O) groups is 3. The first-order valence-electron chi connectivity index (χ1n) is 5.35. The van der Waals surface area contributed by atoms with Gasteiger partial charge in [-0.25, -0.2) is 0 Å². The molecule has 0 spiro atoms. The molecule has 1 aromatic rings. The molecule has 3 amide bonds. The van der Waals surface area contributed by atoms with E-state index in [1.165, 1.54) is 4.90 Å². The Morgan fingerprint density at radius 2 is 1.83 bits per heavy atom. The van der Waals surface area contributed by atoms with E-state index in [2.05, 4.69) is 21.2 Å². The predicted molar refractivity (Wildman–Crippen MR) is 67.9 cm³/mol. The number of nitrogens with one attached hydrogen (secondary N) is 1. The first-order valence-corrected chi connectivity index (χ1v) is 6.14. The second-order valence-corrected chi connectivity index (χ2v) is 5.07. The fraction of sp³-hybridized carbons (Fsp3) is 0.250. The number of piperazine rings is 1. The summed E-state index contributed by atoms with van der Waals surface area (Å²) in [5.74, 6) is -1.22. The number of imide groups is 1. The van der Waals surface area contributed by atoms with Crippen molar-refractivity contribution >= 4 is 33.7 Å². The molecule has 0 aromatic heterocycles. The van der Waals surface area contributed by atoms with Crippen LogP contribution in [0.15, 0.2) is 22.7 Å². The Kier molecular flexibility index (Phi) is 3.47. The molecule has 0 bridgehead atoms. The summed E-state index contributed by atoms with van der Waals surface area (Å²) in [6.45, 7) is 1.70. The number of benzene rings is 1. The normalized spacial score (nSPS) is 15.6. The van der Waals surface area contributed by atoms with Crippen LogP contribution in [0.1, 0.15) is 15.9 Å². The van der Waals surface area contributed by atoms with Gasteiger partial charge in [-0.3, -0.25) is 19.7 Å². The second-order valence-electron chi connectivity index (χ2n) is 4.15. The van der Waals surface area contributed by atoms with Crippen LogP contribution in [0.2, 0.25) is 0 Å². The van der Waals surface area contributed by atoms with Gasteiger partial charge in [0.15, 0.2) is 0 Å².